The molecule has 0 bridgehead atoms. The van der Waals surface area contributed by atoms with E-state index in [1.165, 1.54) is 18.3 Å². The van der Waals surface area contributed by atoms with Gasteiger partial charge in [0.2, 0.25) is 5.89 Å². The second-order valence-corrected chi connectivity index (χ2v) is 6.03. The molecule has 0 spiro atoms. The second kappa shape index (κ2) is 6.86. The quantitative estimate of drug-likeness (QED) is 0.385. The molecule has 0 radical (unpaired) electrons. The Labute approximate surface area is 150 Å². The molecule has 0 aliphatic rings. The molecule has 0 amide bonds. The number of aromatic hydroxyl groups is 1. The first-order valence-corrected chi connectivity index (χ1v) is 7.99. The summed E-state index contributed by atoms with van der Waals surface area (Å²) in [6.07, 6.45) is 1.31. The van der Waals surface area contributed by atoms with Gasteiger partial charge in [-0.2, -0.15) is 0 Å². The molecule has 1 aromatic heterocycles. The van der Waals surface area contributed by atoms with Crippen LogP contribution >= 0.6 is 15.9 Å². The summed E-state index contributed by atoms with van der Waals surface area (Å²) >= 11 is 3.39. The van der Waals surface area contributed by atoms with Gasteiger partial charge in [0.15, 0.2) is 5.69 Å². The third kappa shape index (κ3) is 3.58. The summed E-state index contributed by atoms with van der Waals surface area (Å²) in [6, 6.07) is 11.7. The number of halogens is 1. The van der Waals surface area contributed by atoms with Crippen LogP contribution in [-0.4, -0.2) is 21.2 Å². The number of aryl methyl sites for hydroxylation is 1. The summed E-state index contributed by atoms with van der Waals surface area (Å²) in [5, 5.41) is 20.8. The maximum absolute atomic E-state index is 10.9. The van der Waals surface area contributed by atoms with E-state index in [0.29, 0.717) is 11.3 Å². The highest BCUT2D eigenvalue weighted by Crippen LogP contribution is 2.31. The number of nitro benzene ring substituents is 1. The van der Waals surface area contributed by atoms with E-state index in [-0.39, 0.29) is 23.2 Å². The van der Waals surface area contributed by atoms with Crippen molar-refractivity contribution in [3.63, 3.8) is 0 Å². The number of benzene rings is 2. The fraction of sp³-hybridized carbons (Fsp3) is 0.0588. The fourth-order valence-electron chi connectivity index (χ4n) is 2.14. The van der Waals surface area contributed by atoms with Crippen LogP contribution in [0.15, 0.2) is 56.3 Å². The zero-order valence-corrected chi connectivity index (χ0v) is 14.6. The van der Waals surface area contributed by atoms with E-state index in [1.807, 2.05) is 18.2 Å². The Balaban J connectivity index is 1.94. The number of aliphatic imine (C=N–C) groups is 1. The molecule has 8 heteroatoms. The molecule has 0 aliphatic heterocycles. The van der Waals surface area contributed by atoms with E-state index in [0.717, 1.165) is 10.0 Å². The molecular weight excluding hydrogens is 390 g/mol. The minimum atomic E-state index is -0.489. The zero-order valence-electron chi connectivity index (χ0n) is 13.0. The summed E-state index contributed by atoms with van der Waals surface area (Å²) < 4.78 is 6.05. The molecule has 1 heterocycles. The Morgan fingerprint density at radius 1 is 1.32 bits per heavy atom. The minimum Gasteiger partial charge on any atom is -0.479 e. The molecule has 2 aromatic carbocycles. The van der Waals surface area contributed by atoms with Crippen LogP contribution in [0.4, 0.5) is 11.4 Å². The zero-order chi connectivity index (χ0) is 18.0. The summed E-state index contributed by atoms with van der Waals surface area (Å²) in [6.45, 7) is 1.78. The average molecular weight is 402 g/mol. The van der Waals surface area contributed by atoms with Gasteiger partial charge in [0.05, 0.1) is 22.4 Å². The molecule has 0 atom stereocenters. The number of nitro groups is 1. The Kier molecular flexibility index (Phi) is 4.62. The van der Waals surface area contributed by atoms with Gasteiger partial charge in [-0.15, -0.1) is 0 Å². The van der Waals surface area contributed by atoms with Crippen LogP contribution in [0.5, 0.6) is 5.95 Å². The Morgan fingerprint density at radius 2 is 2.08 bits per heavy atom. The molecule has 0 saturated heterocycles. The lowest BCUT2D eigenvalue weighted by molar-refractivity contribution is -0.384. The molecule has 3 rings (SSSR count). The van der Waals surface area contributed by atoms with Crippen molar-refractivity contribution < 1.29 is 14.4 Å². The number of nitrogens with zero attached hydrogens (tertiary/aromatic N) is 3. The van der Waals surface area contributed by atoms with Crippen molar-refractivity contribution in [1.82, 2.24) is 4.98 Å². The SMILES string of the molecule is Cc1ccc([N+](=O)[O-])cc1N=Cc1nc(-c2ccccc2Br)oc1O. The fourth-order valence-corrected chi connectivity index (χ4v) is 2.59. The molecule has 3 aromatic rings. The van der Waals surface area contributed by atoms with Crippen LogP contribution in [0.3, 0.4) is 0 Å². The maximum Gasteiger partial charge on any atom is 0.312 e. The van der Waals surface area contributed by atoms with Crippen molar-refractivity contribution in [2.45, 2.75) is 6.92 Å². The van der Waals surface area contributed by atoms with E-state index < -0.39 is 4.92 Å². The topological polar surface area (TPSA) is 102 Å². The van der Waals surface area contributed by atoms with Gasteiger partial charge in [0.25, 0.3) is 5.69 Å². The molecule has 0 saturated carbocycles. The molecule has 7 nitrogen and oxygen atoms in total. The Morgan fingerprint density at radius 3 is 2.80 bits per heavy atom. The van der Waals surface area contributed by atoms with E-state index in [4.69, 9.17) is 4.42 Å². The van der Waals surface area contributed by atoms with Gasteiger partial charge in [0.1, 0.15) is 0 Å². The Bertz CT molecular complexity index is 982. The van der Waals surface area contributed by atoms with Gasteiger partial charge in [-0.1, -0.05) is 18.2 Å². The van der Waals surface area contributed by atoms with Crippen LogP contribution in [0.1, 0.15) is 11.3 Å². The highest BCUT2D eigenvalue weighted by molar-refractivity contribution is 9.10. The summed E-state index contributed by atoms with van der Waals surface area (Å²) in [7, 11) is 0. The average Bonchev–Trinajstić information content (AvgIpc) is 2.95. The van der Waals surface area contributed by atoms with E-state index >= 15 is 0 Å². The van der Waals surface area contributed by atoms with Crippen LogP contribution < -0.4 is 0 Å². The van der Waals surface area contributed by atoms with Crippen molar-refractivity contribution in [2.75, 3.05) is 0 Å². The van der Waals surface area contributed by atoms with E-state index in [2.05, 4.69) is 25.9 Å². The first-order valence-electron chi connectivity index (χ1n) is 7.19. The minimum absolute atomic E-state index is 0.0592. The molecule has 126 valence electrons. The molecular formula is C17H12BrN3O4. The summed E-state index contributed by atoms with van der Waals surface area (Å²) in [5.41, 5.74) is 1.94. The van der Waals surface area contributed by atoms with Crippen molar-refractivity contribution in [3.8, 4) is 17.4 Å². The number of hydrogen-bond acceptors (Lipinski definition) is 6. The molecule has 25 heavy (non-hydrogen) atoms. The van der Waals surface area contributed by atoms with Crippen molar-refractivity contribution in [3.05, 3.63) is 68.3 Å². The molecule has 0 fully saturated rings. The van der Waals surface area contributed by atoms with Gasteiger partial charge in [0, 0.05) is 16.6 Å². The standard InChI is InChI=1S/C17H12BrN3O4/c1-10-6-7-11(21(23)24)8-14(10)19-9-15-17(22)25-16(20-15)12-4-2-3-5-13(12)18/h2-9,22H,1H3. The number of oxazole rings is 1. The van der Waals surface area contributed by atoms with Crippen LogP contribution in [0.2, 0.25) is 0 Å². The number of aromatic nitrogens is 1. The van der Waals surface area contributed by atoms with Crippen molar-refractivity contribution >= 4 is 33.5 Å². The van der Waals surface area contributed by atoms with Crippen molar-refractivity contribution in [1.29, 1.82) is 0 Å². The van der Waals surface area contributed by atoms with Gasteiger partial charge >= 0.3 is 5.95 Å². The van der Waals surface area contributed by atoms with E-state index in [1.54, 1.807) is 19.1 Å². The highest BCUT2D eigenvalue weighted by Gasteiger charge is 2.15. The first kappa shape index (κ1) is 16.8. The highest BCUT2D eigenvalue weighted by atomic mass is 79.9. The molecule has 0 unspecified atom stereocenters. The monoisotopic (exact) mass is 401 g/mol. The van der Waals surface area contributed by atoms with Crippen LogP contribution in [0.25, 0.3) is 11.5 Å². The summed E-state index contributed by atoms with van der Waals surface area (Å²) in [4.78, 5) is 18.8. The number of non-ortho nitro benzene ring substituents is 1. The third-order valence-corrected chi connectivity index (χ3v) is 4.16. The van der Waals surface area contributed by atoms with Crippen molar-refractivity contribution in [2.24, 2.45) is 4.99 Å². The third-order valence-electron chi connectivity index (χ3n) is 3.47. The predicted molar refractivity (Wildman–Crippen MR) is 96.4 cm³/mol. The molecule has 1 N–H and O–H groups in total. The first-order chi connectivity index (χ1) is 12.0. The summed E-state index contributed by atoms with van der Waals surface area (Å²) in [5.74, 6) is -0.139. The largest absolute Gasteiger partial charge is 0.479 e. The number of hydrogen-bond donors (Lipinski definition) is 1. The van der Waals surface area contributed by atoms with Gasteiger partial charge in [-0.05, 0) is 40.5 Å². The Hall–Kier alpha value is -3.00. The van der Waals surface area contributed by atoms with Gasteiger partial charge in [-0.3, -0.25) is 15.1 Å². The van der Waals surface area contributed by atoms with Crippen LogP contribution in [0, 0.1) is 17.0 Å². The normalized spacial score (nSPS) is 11.1. The lowest BCUT2D eigenvalue weighted by atomic mass is 10.2. The molecule has 0 aliphatic carbocycles. The number of rotatable bonds is 4. The predicted octanol–water partition coefficient (Wildman–Crippen LogP) is 4.78. The van der Waals surface area contributed by atoms with E-state index in [9.17, 15) is 15.2 Å². The maximum atomic E-state index is 10.9. The van der Waals surface area contributed by atoms with Crippen LogP contribution in [-0.2, 0) is 0 Å². The van der Waals surface area contributed by atoms with Gasteiger partial charge in [-0.25, -0.2) is 4.98 Å². The van der Waals surface area contributed by atoms with Gasteiger partial charge < -0.3 is 9.52 Å². The lowest BCUT2D eigenvalue weighted by Gasteiger charge is -1.99. The lowest BCUT2D eigenvalue weighted by Crippen LogP contribution is -1.88. The smallest absolute Gasteiger partial charge is 0.312 e. The second-order valence-electron chi connectivity index (χ2n) is 5.18.